The molecule has 0 saturated carbocycles. The first-order chi connectivity index (χ1) is 9.51. The van der Waals surface area contributed by atoms with E-state index in [-0.39, 0.29) is 30.2 Å². The first kappa shape index (κ1) is 14.7. The summed E-state index contributed by atoms with van der Waals surface area (Å²) >= 11 is 0. The van der Waals surface area contributed by atoms with E-state index in [1.807, 2.05) is 11.8 Å². The minimum atomic E-state index is -0.432. The Labute approximate surface area is 117 Å². The molecule has 0 radical (unpaired) electrons. The van der Waals surface area contributed by atoms with E-state index in [4.69, 9.17) is 10.8 Å². The Hall–Kier alpha value is -1.66. The van der Waals surface area contributed by atoms with Gasteiger partial charge in [-0.2, -0.15) is 0 Å². The minimum absolute atomic E-state index is 0.149. The van der Waals surface area contributed by atoms with E-state index >= 15 is 0 Å². The molecule has 5 nitrogen and oxygen atoms in total. The quantitative estimate of drug-likeness (QED) is 0.721. The van der Waals surface area contributed by atoms with Gasteiger partial charge >= 0.3 is 0 Å². The van der Waals surface area contributed by atoms with Crippen molar-refractivity contribution in [2.24, 2.45) is 5.92 Å². The van der Waals surface area contributed by atoms with E-state index in [9.17, 15) is 9.18 Å². The molecular formula is C14H20FN3O2. The Bertz CT molecular complexity index is 495. The van der Waals surface area contributed by atoms with E-state index in [1.54, 1.807) is 0 Å². The van der Waals surface area contributed by atoms with Gasteiger partial charge in [-0.3, -0.25) is 9.69 Å². The van der Waals surface area contributed by atoms with Gasteiger partial charge in [-0.05, 0) is 44.0 Å². The van der Waals surface area contributed by atoms with Gasteiger partial charge in [0.2, 0.25) is 5.91 Å². The van der Waals surface area contributed by atoms with Crippen molar-refractivity contribution in [3.05, 3.63) is 24.0 Å². The lowest BCUT2D eigenvalue weighted by Gasteiger charge is -2.23. The minimum Gasteiger partial charge on any atom is -0.397 e. The van der Waals surface area contributed by atoms with Crippen molar-refractivity contribution in [3.63, 3.8) is 0 Å². The lowest BCUT2D eigenvalue weighted by molar-refractivity contribution is -0.120. The number of carbonyl (C=O) groups is 1. The largest absolute Gasteiger partial charge is 0.397 e. The molecule has 0 aliphatic carbocycles. The van der Waals surface area contributed by atoms with E-state index in [0.29, 0.717) is 12.2 Å². The number of hydrogen-bond acceptors (Lipinski definition) is 4. The van der Waals surface area contributed by atoms with Crippen LogP contribution in [0, 0.1) is 11.7 Å². The first-order valence-corrected chi connectivity index (χ1v) is 6.72. The average molecular weight is 281 g/mol. The van der Waals surface area contributed by atoms with Gasteiger partial charge in [0.25, 0.3) is 0 Å². The highest BCUT2D eigenvalue weighted by atomic mass is 19.1. The number of rotatable bonds is 4. The van der Waals surface area contributed by atoms with Crippen molar-refractivity contribution in [1.82, 2.24) is 4.90 Å². The number of hydrogen-bond donors (Lipinski definition) is 3. The number of likely N-dealkylation sites (tertiary alicyclic amines) is 1. The Morgan fingerprint density at radius 3 is 3.00 bits per heavy atom. The van der Waals surface area contributed by atoms with Gasteiger partial charge in [0, 0.05) is 13.2 Å². The number of anilines is 2. The van der Waals surface area contributed by atoms with Crippen LogP contribution in [-0.4, -0.2) is 41.7 Å². The summed E-state index contributed by atoms with van der Waals surface area (Å²) in [6.45, 7) is 3.47. The van der Waals surface area contributed by atoms with Crippen molar-refractivity contribution >= 4 is 17.3 Å². The van der Waals surface area contributed by atoms with Crippen LogP contribution in [0.25, 0.3) is 0 Å². The van der Waals surface area contributed by atoms with Crippen LogP contribution in [0.3, 0.4) is 0 Å². The van der Waals surface area contributed by atoms with Crippen LogP contribution in [0.5, 0.6) is 0 Å². The monoisotopic (exact) mass is 281 g/mol. The second-order valence-electron chi connectivity index (χ2n) is 5.23. The summed E-state index contributed by atoms with van der Waals surface area (Å²) in [5.74, 6) is -0.373. The summed E-state index contributed by atoms with van der Waals surface area (Å²) < 4.78 is 12.9. The molecular weight excluding hydrogens is 261 g/mol. The lowest BCUT2D eigenvalue weighted by atomic mass is 10.1. The summed E-state index contributed by atoms with van der Waals surface area (Å²) in [5.41, 5.74) is 6.29. The number of nitrogens with zero attached hydrogens (tertiary/aromatic N) is 1. The molecule has 1 saturated heterocycles. The fourth-order valence-corrected chi connectivity index (χ4v) is 2.41. The number of benzene rings is 1. The molecule has 2 atom stereocenters. The third-order valence-corrected chi connectivity index (χ3v) is 3.77. The second-order valence-corrected chi connectivity index (χ2v) is 5.23. The topological polar surface area (TPSA) is 78.6 Å². The molecule has 0 aromatic heterocycles. The van der Waals surface area contributed by atoms with Gasteiger partial charge in [-0.25, -0.2) is 4.39 Å². The summed E-state index contributed by atoms with van der Waals surface area (Å²) in [6, 6.07) is 3.58. The number of amides is 1. The number of nitrogens with one attached hydrogen (secondary N) is 1. The SMILES string of the molecule is CC(C(=O)Nc1ccc(F)cc1N)N1CCC(CO)C1. The molecule has 1 aliphatic rings. The highest BCUT2D eigenvalue weighted by molar-refractivity contribution is 5.97. The molecule has 0 bridgehead atoms. The van der Waals surface area contributed by atoms with Crippen molar-refractivity contribution in [3.8, 4) is 0 Å². The Morgan fingerprint density at radius 1 is 1.65 bits per heavy atom. The number of aliphatic hydroxyl groups is 1. The van der Waals surface area contributed by atoms with E-state index < -0.39 is 5.82 Å². The predicted molar refractivity (Wildman–Crippen MR) is 75.7 cm³/mol. The number of nitrogen functional groups attached to an aromatic ring is 1. The number of aliphatic hydroxyl groups excluding tert-OH is 1. The Kier molecular flexibility index (Phi) is 4.57. The third-order valence-electron chi connectivity index (χ3n) is 3.77. The van der Waals surface area contributed by atoms with Crippen LogP contribution in [0.15, 0.2) is 18.2 Å². The van der Waals surface area contributed by atoms with E-state index in [1.165, 1.54) is 18.2 Å². The van der Waals surface area contributed by atoms with Gasteiger partial charge in [0.1, 0.15) is 5.82 Å². The number of nitrogens with two attached hydrogens (primary N) is 1. The molecule has 1 fully saturated rings. The van der Waals surface area contributed by atoms with Gasteiger partial charge in [-0.1, -0.05) is 0 Å². The average Bonchev–Trinajstić information content (AvgIpc) is 2.89. The fraction of sp³-hybridized carbons (Fsp3) is 0.500. The highest BCUT2D eigenvalue weighted by Crippen LogP contribution is 2.22. The molecule has 1 aliphatic heterocycles. The number of carbonyl (C=O) groups excluding carboxylic acids is 1. The van der Waals surface area contributed by atoms with Crippen LogP contribution in [0.1, 0.15) is 13.3 Å². The molecule has 1 heterocycles. The summed E-state index contributed by atoms with van der Waals surface area (Å²) in [4.78, 5) is 14.2. The van der Waals surface area contributed by atoms with E-state index in [2.05, 4.69) is 5.32 Å². The molecule has 2 unspecified atom stereocenters. The molecule has 1 aromatic carbocycles. The Morgan fingerprint density at radius 2 is 2.40 bits per heavy atom. The van der Waals surface area contributed by atoms with Crippen molar-refractivity contribution < 1.29 is 14.3 Å². The summed E-state index contributed by atoms with van der Waals surface area (Å²) in [5, 5.41) is 11.8. The Balaban J connectivity index is 1.97. The van der Waals surface area contributed by atoms with E-state index in [0.717, 1.165) is 13.0 Å². The molecule has 6 heteroatoms. The summed E-state index contributed by atoms with van der Waals surface area (Å²) in [6.07, 6.45) is 0.896. The zero-order valence-electron chi connectivity index (χ0n) is 11.5. The van der Waals surface area contributed by atoms with Crippen LogP contribution >= 0.6 is 0 Å². The smallest absolute Gasteiger partial charge is 0.241 e. The highest BCUT2D eigenvalue weighted by Gasteiger charge is 2.29. The molecule has 1 aromatic rings. The van der Waals surface area contributed by atoms with Crippen LogP contribution in [0.4, 0.5) is 15.8 Å². The molecule has 110 valence electrons. The maximum absolute atomic E-state index is 12.9. The summed E-state index contributed by atoms with van der Waals surface area (Å²) in [7, 11) is 0. The maximum Gasteiger partial charge on any atom is 0.241 e. The molecule has 0 spiro atoms. The second kappa shape index (κ2) is 6.19. The molecule has 1 amide bonds. The predicted octanol–water partition coefficient (Wildman–Crippen LogP) is 1.05. The molecule has 2 rings (SSSR count). The zero-order valence-corrected chi connectivity index (χ0v) is 11.5. The van der Waals surface area contributed by atoms with Crippen molar-refractivity contribution in [2.45, 2.75) is 19.4 Å². The normalized spacial score (nSPS) is 20.9. The van der Waals surface area contributed by atoms with Crippen LogP contribution in [-0.2, 0) is 4.79 Å². The van der Waals surface area contributed by atoms with Gasteiger partial charge in [0.05, 0.1) is 17.4 Å². The molecule has 20 heavy (non-hydrogen) atoms. The standard InChI is InChI=1S/C14H20FN3O2/c1-9(18-5-4-10(7-18)8-19)14(20)17-13-3-2-11(15)6-12(13)16/h2-3,6,9-10,19H,4-5,7-8,16H2,1H3,(H,17,20). The van der Waals surface area contributed by atoms with Crippen molar-refractivity contribution in [2.75, 3.05) is 30.7 Å². The van der Waals surface area contributed by atoms with Crippen LogP contribution in [0.2, 0.25) is 0 Å². The maximum atomic E-state index is 12.9. The third kappa shape index (κ3) is 3.26. The zero-order chi connectivity index (χ0) is 14.7. The van der Waals surface area contributed by atoms with Gasteiger partial charge in [0.15, 0.2) is 0 Å². The first-order valence-electron chi connectivity index (χ1n) is 6.72. The van der Waals surface area contributed by atoms with Gasteiger partial charge < -0.3 is 16.2 Å². The fourth-order valence-electron chi connectivity index (χ4n) is 2.41. The van der Waals surface area contributed by atoms with Crippen molar-refractivity contribution in [1.29, 1.82) is 0 Å². The van der Waals surface area contributed by atoms with Crippen LogP contribution < -0.4 is 11.1 Å². The van der Waals surface area contributed by atoms with Gasteiger partial charge in [-0.15, -0.1) is 0 Å². The lowest BCUT2D eigenvalue weighted by Crippen LogP contribution is -2.41. The number of halogens is 1. The molecule has 4 N–H and O–H groups in total.